The molecule has 0 aromatic heterocycles. The number of hydrogen-bond acceptors (Lipinski definition) is 3. The van der Waals surface area contributed by atoms with Gasteiger partial charge in [-0.05, 0) is 31.9 Å². The van der Waals surface area contributed by atoms with Crippen LogP contribution in [0.5, 0.6) is 0 Å². The number of methoxy groups -OCH3 is 1. The van der Waals surface area contributed by atoms with Crippen molar-refractivity contribution in [3.8, 4) is 0 Å². The van der Waals surface area contributed by atoms with E-state index in [1.165, 1.54) is 4.31 Å². The van der Waals surface area contributed by atoms with Gasteiger partial charge in [0.05, 0.1) is 4.90 Å². The molecule has 5 heteroatoms. The Bertz CT molecular complexity index is 481. The fourth-order valence-corrected chi connectivity index (χ4v) is 3.69. The molecule has 1 aromatic carbocycles. The molecule has 1 aliphatic heterocycles. The molecule has 1 heterocycles. The van der Waals surface area contributed by atoms with Crippen LogP contribution in [0.15, 0.2) is 29.2 Å². The van der Waals surface area contributed by atoms with Crippen LogP contribution < -0.4 is 0 Å². The molecule has 0 amide bonds. The Kier molecular flexibility index (Phi) is 3.51. The lowest BCUT2D eigenvalue weighted by atomic mass is 10.2. The van der Waals surface area contributed by atoms with Crippen molar-refractivity contribution in [2.75, 3.05) is 13.7 Å². The molecule has 1 unspecified atom stereocenters. The zero-order chi connectivity index (χ0) is 12.5. The van der Waals surface area contributed by atoms with Gasteiger partial charge >= 0.3 is 0 Å². The standard InChI is InChI=1S/C12H17NO3S/c1-10-5-7-11(8-6-10)17(14,15)13-9-3-4-12(13)16-2/h5-8,12H,3-4,9H2,1-2H3. The van der Waals surface area contributed by atoms with Crippen LogP contribution in [0, 0.1) is 6.92 Å². The summed E-state index contributed by atoms with van der Waals surface area (Å²) < 4.78 is 31.4. The number of rotatable bonds is 3. The number of benzene rings is 1. The molecule has 0 N–H and O–H groups in total. The van der Waals surface area contributed by atoms with E-state index in [9.17, 15) is 8.42 Å². The maximum absolute atomic E-state index is 12.4. The molecule has 1 atom stereocenters. The van der Waals surface area contributed by atoms with Gasteiger partial charge in [0, 0.05) is 13.7 Å². The Hall–Kier alpha value is -0.910. The molecule has 94 valence electrons. The predicted octanol–water partition coefficient (Wildman–Crippen LogP) is 1.75. The van der Waals surface area contributed by atoms with Gasteiger partial charge in [0.2, 0.25) is 10.0 Å². The summed E-state index contributed by atoms with van der Waals surface area (Å²) >= 11 is 0. The first-order valence-electron chi connectivity index (χ1n) is 5.67. The molecule has 1 aromatic rings. The average molecular weight is 255 g/mol. The molecular formula is C12H17NO3S. The Morgan fingerprint density at radius 1 is 1.29 bits per heavy atom. The molecule has 4 nitrogen and oxygen atoms in total. The van der Waals surface area contributed by atoms with E-state index in [0.717, 1.165) is 18.4 Å². The molecule has 17 heavy (non-hydrogen) atoms. The minimum Gasteiger partial charge on any atom is -0.365 e. The smallest absolute Gasteiger partial charge is 0.245 e. The van der Waals surface area contributed by atoms with E-state index in [1.807, 2.05) is 19.1 Å². The van der Waals surface area contributed by atoms with Crippen molar-refractivity contribution in [2.24, 2.45) is 0 Å². The zero-order valence-electron chi connectivity index (χ0n) is 10.1. The van der Waals surface area contributed by atoms with Crippen LogP contribution >= 0.6 is 0 Å². The van der Waals surface area contributed by atoms with Crippen molar-refractivity contribution in [1.29, 1.82) is 0 Å². The van der Waals surface area contributed by atoms with Gasteiger partial charge in [-0.2, -0.15) is 4.31 Å². The molecule has 1 aliphatic rings. The van der Waals surface area contributed by atoms with Crippen molar-refractivity contribution >= 4 is 10.0 Å². The molecule has 1 fully saturated rings. The second-order valence-electron chi connectivity index (χ2n) is 4.26. The van der Waals surface area contributed by atoms with E-state index in [-0.39, 0.29) is 6.23 Å². The number of ether oxygens (including phenoxy) is 1. The molecule has 0 radical (unpaired) electrons. The van der Waals surface area contributed by atoms with E-state index in [1.54, 1.807) is 19.2 Å². The maximum Gasteiger partial charge on any atom is 0.245 e. The second-order valence-corrected chi connectivity index (χ2v) is 6.15. The van der Waals surface area contributed by atoms with E-state index in [2.05, 4.69) is 0 Å². The molecule has 2 rings (SSSR count). The largest absolute Gasteiger partial charge is 0.365 e. The molecule has 1 saturated heterocycles. The topological polar surface area (TPSA) is 46.6 Å². The van der Waals surface area contributed by atoms with Crippen molar-refractivity contribution in [3.05, 3.63) is 29.8 Å². The lowest BCUT2D eigenvalue weighted by Gasteiger charge is -2.22. The first kappa shape index (κ1) is 12.5. The third-order valence-electron chi connectivity index (χ3n) is 3.05. The lowest BCUT2D eigenvalue weighted by Crippen LogP contribution is -2.36. The van der Waals surface area contributed by atoms with Gasteiger partial charge in [-0.1, -0.05) is 17.7 Å². The quantitative estimate of drug-likeness (QED) is 0.826. The van der Waals surface area contributed by atoms with E-state index >= 15 is 0 Å². The van der Waals surface area contributed by atoms with Gasteiger partial charge in [0.1, 0.15) is 6.23 Å². The number of hydrogen-bond donors (Lipinski definition) is 0. The molecule has 0 bridgehead atoms. The Morgan fingerprint density at radius 3 is 2.53 bits per heavy atom. The van der Waals surface area contributed by atoms with Crippen molar-refractivity contribution in [3.63, 3.8) is 0 Å². The summed E-state index contributed by atoms with van der Waals surface area (Å²) in [6.45, 7) is 2.47. The molecule has 0 saturated carbocycles. The summed E-state index contributed by atoms with van der Waals surface area (Å²) in [4.78, 5) is 0.340. The van der Waals surface area contributed by atoms with Crippen LogP contribution in [0.1, 0.15) is 18.4 Å². The highest BCUT2D eigenvalue weighted by Crippen LogP contribution is 2.26. The van der Waals surface area contributed by atoms with Gasteiger partial charge in [-0.25, -0.2) is 8.42 Å². The highest BCUT2D eigenvalue weighted by Gasteiger charge is 2.35. The third kappa shape index (κ3) is 2.36. The summed E-state index contributed by atoms with van der Waals surface area (Å²) in [5.74, 6) is 0. The zero-order valence-corrected chi connectivity index (χ0v) is 10.9. The second kappa shape index (κ2) is 4.76. The third-order valence-corrected chi connectivity index (χ3v) is 4.95. The maximum atomic E-state index is 12.4. The summed E-state index contributed by atoms with van der Waals surface area (Å²) in [6.07, 6.45) is 1.30. The molecule has 0 spiro atoms. The molecule has 0 aliphatic carbocycles. The minimum atomic E-state index is -3.41. The van der Waals surface area contributed by atoms with Gasteiger partial charge in [0.25, 0.3) is 0 Å². The van der Waals surface area contributed by atoms with Gasteiger partial charge in [0.15, 0.2) is 0 Å². The normalized spacial score (nSPS) is 21.9. The Labute approximate surface area is 102 Å². The Balaban J connectivity index is 2.33. The summed E-state index contributed by atoms with van der Waals surface area (Å²) in [5, 5.41) is 0. The summed E-state index contributed by atoms with van der Waals surface area (Å²) in [7, 11) is -1.86. The van der Waals surface area contributed by atoms with E-state index < -0.39 is 10.0 Å². The number of sulfonamides is 1. The highest BCUT2D eigenvalue weighted by molar-refractivity contribution is 7.89. The van der Waals surface area contributed by atoms with Gasteiger partial charge in [-0.15, -0.1) is 0 Å². The van der Waals surface area contributed by atoms with Crippen LogP contribution in [-0.2, 0) is 14.8 Å². The highest BCUT2D eigenvalue weighted by atomic mass is 32.2. The van der Waals surface area contributed by atoms with Crippen LogP contribution in [0.3, 0.4) is 0 Å². The monoisotopic (exact) mass is 255 g/mol. The first-order valence-corrected chi connectivity index (χ1v) is 7.11. The minimum absolute atomic E-state index is 0.318. The lowest BCUT2D eigenvalue weighted by molar-refractivity contribution is 0.0406. The number of nitrogens with zero attached hydrogens (tertiary/aromatic N) is 1. The summed E-state index contributed by atoms with van der Waals surface area (Å²) in [6, 6.07) is 6.92. The average Bonchev–Trinajstić information content (AvgIpc) is 2.78. The fourth-order valence-electron chi connectivity index (χ4n) is 2.07. The summed E-state index contributed by atoms with van der Waals surface area (Å²) in [5.41, 5.74) is 1.05. The van der Waals surface area contributed by atoms with E-state index in [4.69, 9.17) is 4.74 Å². The van der Waals surface area contributed by atoms with Crippen molar-refractivity contribution in [1.82, 2.24) is 4.31 Å². The van der Waals surface area contributed by atoms with Gasteiger partial charge in [-0.3, -0.25) is 0 Å². The van der Waals surface area contributed by atoms with Crippen LogP contribution in [0.2, 0.25) is 0 Å². The predicted molar refractivity (Wildman–Crippen MR) is 65.1 cm³/mol. The number of aryl methyl sites for hydroxylation is 1. The van der Waals surface area contributed by atoms with Crippen molar-refractivity contribution in [2.45, 2.75) is 30.9 Å². The SMILES string of the molecule is COC1CCCN1S(=O)(=O)c1ccc(C)cc1. The Morgan fingerprint density at radius 2 is 1.94 bits per heavy atom. The molecular weight excluding hydrogens is 238 g/mol. The first-order chi connectivity index (χ1) is 8.05. The van der Waals surface area contributed by atoms with Crippen molar-refractivity contribution < 1.29 is 13.2 Å². The van der Waals surface area contributed by atoms with Crippen LogP contribution in [0.4, 0.5) is 0 Å². The van der Waals surface area contributed by atoms with Gasteiger partial charge < -0.3 is 4.74 Å². The van der Waals surface area contributed by atoms with Crippen LogP contribution in [0.25, 0.3) is 0 Å². The van der Waals surface area contributed by atoms with E-state index in [0.29, 0.717) is 11.4 Å². The van der Waals surface area contributed by atoms with Crippen LogP contribution in [-0.4, -0.2) is 32.6 Å². The fraction of sp³-hybridized carbons (Fsp3) is 0.500.